The van der Waals surface area contributed by atoms with Gasteiger partial charge in [0.05, 0.1) is 20.8 Å². The van der Waals surface area contributed by atoms with Crippen molar-refractivity contribution in [1.29, 1.82) is 0 Å². The number of thiophene rings is 1. The highest BCUT2D eigenvalue weighted by molar-refractivity contribution is 7.11. The molecule has 0 atom stereocenters. The van der Waals surface area contributed by atoms with Gasteiger partial charge in [0.15, 0.2) is 11.5 Å². The van der Waals surface area contributed by atoms with E-state index in [-0.39, 0.29) is 30.3 Å². The molecule has 0 fully saturated rings. The maximum absolute atomic E-state index is 14.0. The molecule has 0 aliphatic rings. The number of nitrogens with zero attached hydrogens (tertiary/aromatic N) is 2. The van der Waals surface area contributed by atoms with E-state index in [1.165, 1.54) is 4.88 Å². The zero-order valence-electron chi connectivity index (χ0n) is 27.6. The Balaban J connectivity index is 1.85. The maximum Gasteiger partial charge on any atom is 0.322 e. The topological polar surface area (TPSA) is 80.3 Å². The van der Waals surface area contributed by atoms with Crippen molar-refractivity contribution >= 4 is 29.0 Å². The first-order valence-corrected chi connectivity index (χ1v) is 16.1. The van der Waals surface area contributed by atoms with Gasteiger partial charge in [0.25, 0.3) is 0 Å². The minimum absolute atomic E-state index is 0.0350. The summed E-state index contributed by atoms with van der Waals surface area (Å²) < 4.78 is 16.1. The second-order valence-electron chi connectivity index (χ2n) is 11.6. The summed E-state index contributed by atoms with van der Waals surface area (Å²) in [5.74, 6) is 1.67. The van der Waals surface area contributed by atoms with Crippen LogP contribution in [-0.2, 0) is 22.5 Å². The SMILES string of the molecule is COCCCN(CC(=O)N(CCc1ccc(OC)c(OC)c1)Cc1ccc(C)s1)C(=O)Nc1c(C(C)C)cccc1C(C)C. The second kappa shape index (κ2) is 17.1. The number of methoxy groups -OCH3 is 3. The maximum atomic E-state index is 14.0. The Morgan fingerprint density at radius 3 is 2.11 bits per heavy atom. The fraction of sp³-hybridized carbons (Fsp3) is 0.486. The molecule has 0 bridgehead atoms. The standard InChI is InChI=1S/C35H49N3O5S/c1-24(2)29-11-9-12-30(25(3)4)34(29)36-35(40)38(18-10-20-41-6)23-33(39)37(22-28-15-13-26(5)44-28)19-17-27-14-16-31(42-7)32(21-27)43-8/h9,11-16,21,24-25H,10,17-20,22-23H2,1-8H3,(H,36,40). The molecule has 8 nitrogen and oxygen atoms in total. The summed E-state index contributed by atoms with van der Waals surface area (Å²) in [4.78, 5) is 33.6. The Morgan fingerprint density at radius 2 is 1.55 bits per heavy atom. The van der Waals surface area contributed by atoms with Gasteiger partial charge < -0.3 is 29.3 Å². The summed E-state index contributed by atoms with van der Waals surface area (Å²) in [5, 5.41) is 3.20. The molecule has 0 saturated carbocycles. The summed E-state index contributed by atoms with van der Waals surface area (Å²) in [6, 6.07) is 15.8. The Kier molecular flexibility index (Phi) is 13.5. The van der Waals surface area contributed by atoms with Crippen molar-refractivity contribution in [2.75, 3.05) is 52.9 Å². The lowest BCUT2D eigenvalue weighted by Gasteiger charge is -2.29. The number of benzene rings is 2. The Bertz CT molecular complexity index is 1340. The van der Waals surface area contributed by atoms with Crippen molar-refractivity contribution in [2.24, 2.45) is 0 Å². The van der Waals surface area contributed by atoms with E-state index in [0.717, 1.165) is 27.3 Å². The van der Waals surface area contributed by atoms with Gasteiger partial charge in [0, 0.05) is 42.2 Å². The molecule has 3 amide bonds. The van der Waals surface area contributed by atoms with E-state index in [4.69, 9.17) is 14.2 Å². The van der Waals surface area contributed by atoms with Crippen LogP contribution in [-0.4, -0.2) is 69.3 Å². The highest BCUT2D eigenvalue weighted by Crippen LogP contribution is 2.33. The molecule has 0 radical (unpaired) electrons. The first-order chi connectivity index (χ1) is 21.1. The Morgan fingerprint density at radius 1 is 0.864 bits per heavy atom. The van der Waals surface area contributed by atoms with Crippen LogP contribution in [0.2, 0.25) is 0 Å². The average molecular weight is 624 g/mol. The Labute approximate surface area is 267 Å². The first-order valence-electron chi connectivity index (χ1n) is 15.3. The smallest absolute Gasteiger partial charge is 0.322 e. The van der Waals surface area contributed by atoms with Crippen molar-refractivity contribution < 1.29 is 23.8 Å². The van der Waals surface area contributed by atoms with Gasteiger partial charge in [-0.2, -0.15) is 0 Å². The molecule has 240 valence electrons. The number of para-hydroxylation sites is 1. The number of hydrogen-bond acceptors (Lipinski definition) is 6. The quantitative estimate of drug-likeness (QED) is 0.168. The molecule has 3 aromatic rings. The normalized spacial score (nSPS) is 11.1. The van der Waals surface area contributed by atoms with Gasteiger partial charge in [-0.3, -0.25) is 4.79 Å². The van der Waals surface area contributed by atoms with Crippen LogP contribution >= 0.6 is 11.3 Å². The van der Waals surface area contributed by atoms with Crippen LogP contribution in [0.15, 0.2) is 48.5 Å². The second-order valence-corrected chi connectivity index (χ2v) is 13.0. The summed E-state index contributed by atoms with van der Waals surface area (Å²) in [6.07, 6.45) is 1.25. The van der Waals surface area contributed by atoms with Crippen LogP contribution in [0.1, 0.15) is 72.4 Å². The third-order valence-electron chi connectivity index (χ3n) is 7.61. The number of anilines is 1. The minimum atomic E-state index is -0.281. The number of hydrogen-bond donors (Lipinski definition) is 1. The monoisotopic (exact) mass is 623 g/mol. The van der Waals surface area contributed by atoms with Crippen molar-refractivity contribution in [1.82, 2.24) is 9.80 Å². The molecule has 2 aromatic carbocycles. The molecular weight excluding hydrogens is 574 g/mol. The number of nitrogens with one attached hydrogen (secondary N) is 1. The number of carbonyl (C=O) groups is 2. The van der Waals surface area contributed by atoms with E-state index in [2.05, 4.69) is 64.2 Å². The fourth-order valence-electron chi connectivity index (χ4n) is 5.15. The van der Waals surface area contributed by atoms with E-state index in [1.54, 1.807) is 37.6 Å². The highest BCUT2D eigenvalue weighted by Gasteiger charge is 2.24. The van der Waals surface area contributed by atoms with Gasteiger partial charge >= 0.3 is 6.03 Å². The van der Waals surface area contributed by atoms with E-state index < -0.39 is 0 Å². The molecule has 0 saturated heterocycles. The fourth-order valence-corrected chi connectivity index (χ4v) is 6.05. The lowest BCUT2D eigenvalue weighted by Crippen LogP contribution is -2.45. The predicted octanol–water partition coefficient (Wildman–Crippen LogP) is 7.46. The van der Waals surface area contributed by atoms with Gasteiger partial charge in [-0.25, -0.2) is 4.79 Å². The van der Waals surface area contributed by atoms with Gasteiger partial charge in [-0.05, 0) is 72.6 Å². The lowest BCUT2D eigenvalue weighted by molar-refractivity contribution is -0.132. The summed E-state index contributed by atoms with van der Waals surface area (Å²) in [5.41, 5.74) is 4.03. The summed E-state index contributed by atoms with van der Waals surface area (Å²) in [7, 11) is 4.87. The zero-order valence-corrected chi connectivity index (χ0v) is 28.4. The highest BCUT2D eigenvalue weighted by atomic mass is 32.1. The Hall–Kier alpha value is -3.56. The van der Waals surface area contributed by atoms with Gasteiger partial charge in [-0.15, -0.1) is 11.3 Å². The number of ether oxygens (including phenoxy) is 3. The average Bonchev–Trinajstić information content (AvgIpc) is 3.42. The van der Waals surface area contributed by atoms with Crippen molar-refractivity contribution in [3.8, 4) is 11.5 Å². The number of carbonyl (C=O) groups excluding carboxylic acids is 2. The number of aryl methyl sites for hydroxylation is 1. The van der Waals surface area contributed by atoms with Crippen molar-refractivity contribution in [2.45, 2.75) is 65.8 Å². The largest absolute Gasteiger partial charge is 0.493 e. The number of amides is 3. The van der Waals surface area contributed by atoms with E-state index >= 15 is 0 Å². The van der Waals surface area contributed by atoms with Gasteiger partial charge in [0.2, 0.25) is 5.91 Å². The molecule has 0 aliphatic carbocycles. The molecule has 0 spiro atoms. The molecule has 1 heterocycles. The van der Waals surface area contributed by atoms with Crippen LogP contribution in [0, 0.1) is 6.92 Å². The van der Waals surface area contributed by atoms with E-state index in [9.17, 15) is 9.59 Å². The molecule has 1 aromatic heterocycles. The molecule has 0 unspecified atom stereocenters. The van der Waals surface area contributed by atoms with E-state index in [1.807, 2.05) is 29.2 Å². The zero-order chi connectivity index (χ0) is 32.2. The number of rotatable bonds is 16. The lowest BCUT2D eigenvalue weighted by atomic mass is 9.93. The molecule has 1 N–H and O–H groups in total. The van der Waals surface area contributed by atoms with Crippen LogP contribution in [0.5, 0.6) is 11.5 Å². The third kappa shape index (κ3) is 9.72. The molecule has 0 aliphatic heterocycles. The van der Waals surface area contributed by atoms with E-state index in [0.29, 0.717) is 50.6 Å². The van der Waals surface area contributed by atoms with Crippen LogP contribution in [0.3, 0.4) is 0 Å². The number of urea groups is 1. The third-order valence-corrected chi connectivity index (χ3v) is 8.59. The van der Waals surface area contributed by atoms with Crippen LogP contribution in [0.25, 0.3) is 0 Å². The first kappa shape index (κ1) is 34.9. The van der Waals surface area contributed by atoms with Gasteiger partial charge in [-0.1, -0.05) is 52.0 Å². The molecule has 3 rings (SSSR count). The van der Waals surface area contributed by atoms with Crippen molar-refractivity contribution in [3.05, 3.63) is 75.0 Å². The summed E-state index contributed by atoms with van der Waals surface area (Å²) >= 11 is 1.68. The van der Waals surface area contributed by atoms with Crippen LogP contribution in [0.4, 0.5) is 10.5 Å². The van der Waals surface area contributed by atoms with Gasteiger partial charge in [0.1, 0.15) is 6.54 Å². The summed E-state index contributed by atoms with van der Waals surface area (Å²) in [6.45, 7) is 12.4. The molecule has 9 heteroatoms. The minimum Gasteiger partial charge on any atom is -0.493 e. The van der Waals surface area contributed by atoms with Crippen LogP contribution < -0.4 is 14.8 Å². The predicted molar refractivity (Wildman–Crippen MR) is 179 cm³/mol. The molecule has 44 heavy (non-hydrogen) atoms. The van der Waals surface area contributed by atoms with Crippen molar-refractivity contribution in [3.63, 3.8) is 0 Å². The molecular formula is C35H49N3O5S.